The summed E-state index contributed by atoms with van der Waals surface area (Å²) in [7, 11) is 1.81. The Hall–Kier alpha value is -1.05. The lowest BCUT2D eigenvalue weighted by atomic mass is 10.2. The highest BCUT2D eigenvalue weighted by Gasteiger charge is 2.04. The van der Waals surface area contributed by atoms with Crippen molar-refractivity contribution in [1.82, 2.24) is 4.90 Å². The maximum atomic E-state index is 11.3. The van der Waals surface area contributed by atoms with Crippen molar-refractivity contribution < 1.29 is 4.79 Å². The monoisotopic (exact) mass is 167 g/mol. The van der Waals surface area contributed by atoms with Gasteiger partial charge in [0.15, 0.2) is 0 Å². The van der Waals surface area contributed by atoms with E-state index in [4.69, 9.17) is 0 Å². The SMILES string of the molecule is C=CCCC(=O)N(C)CCC=C. The van der Waals surface area contributed by atoms with E-state index in [2.05, 4.69) is 13.2 Å². The van der Waals surface area contributed by atoms with Gasteiger partial charge in [0, 0.05) is 20.0 Å². The van der Waals surface area contributed by atoms with Gasteiger partial charge in [-0.2, -0.15) is 0 Å². The summed E-state index contributed by atoms with van der Waals surface area (Å²) in [4.78, 5) is 13.0. The van der Waals surface area contributed by atoms with Crippen LogP contribution in [0.15, 0.2) is 25.3 Å². The van der Waals surface area contributed by atoms with Crippen LogP contribution in [0.2, 0.25) is 0 Å². The van der Waals surface area contributed by atoms with Gasteiger partial charge >= 0.3 is 0 Å². The molecule has 0 aromatic heterocycles. The molecular weight excluding hydrogens is 150 g/mol. The van der Waals surface area contributed by atoms with E-state index < -0.39 is 0 Å². The molecule has 0 aliphatic carbocycles. The number of allylic oxidation sites excluding steroid dienone is 1. The van der Waals surface area contributed by atoms with Crippen LogP contribution in [0.25, 0.3) is 0 Å². The average molecular weight is 167 g/mol. The molecule has 0 N–H and O–H groups in total. The Bertz CT molecular complexity index is 163. The highest BCUT2D eigenvalue weighted by atomic mass is 16.2. The number of nitrogens with zero attached hydrogens (tertiary/aromatic N) is 1. The fraction of sp³-hybridized carbons (Fsp3) is 0.500. The van der Waals surface area contributed by atoms with Gasteiger partial charge in [-0.1, -0.05) is 12.2 Å². The van der Waals surface area contributed by atoms with Crippen molar-refractivity contribution in [2.75, 3.05) is 13.6 Å². The lowest BCUT2D eigenvalue weighted by Gasteiger charge is -2.15. The van der Waals surface area contributed by atoms with Crippen LogP contribution in [-0.4, -0.2) is 24.4 Å². The number of hydrogen-bond donors (Lipinski definition) is 0. The molecule has 0 rings (SSSR count). The molecule has 0 atom stereocenters. The largest absolute Gasteiger partial charge is 0.345 e. The van der Waals surface area contributed by atoms with Crippen LogP contribution in [-0.2, 0) is 4.79 Å². The van der Waals surface area contributed by atoms with E-state index in [-0.39, 0.29) is 5.91 Å². The zero-order chi connectivity index (χ0) is 9.40. The number of carbonyl (C=O) groups is 1. The van der Waals surface area contributed by atoms with Gasteiger partial charge in [-0.25, -0.2) is 0 Å². The lowest BCUT2D eigenvalue weighted by Crippen LogP contribution is -2.26. The molecule has 0 saturated carbocycles. The van der Waals surface area contributed by atoms with Crippen molar-refractivity contribution in [2.45, 2.75) is 19.3 Å². The summed E-state index contributed by atoms with van der Waals surface area (Å²) in [5.41, 5.74) is 0. The molecule has 0 radical (unpaired) electrons. The molecule has 0 aliphatic heterocycles. The zero-order valence-corrected chi connectivity index (χ0v) is 7.75. The third kappa shape index (κ3) is 4.72. The van der Waals surface area contributed by atoms with Crippen LogP contribution in [0.5, 0.6) is 0 Å². The van der Waals surface area contributed by atoms with Crippen molar-refractivity contribution in [3.8, 4) is 0 Å². The minimum absolute atomic E-state index is 0.178. The number of amides is 1. The summed E-state index contributed by atoms with van der Waals surface area (Å²) in [6.07, 6.45) is 5.77. The highest BCUT2D eigenvalue weighted by Crippen LogP contribution is 1.97. The van der Waals surface area contributed by atoms with Gasteiger partial charge in [-0.15, -0.1) is 13.2 Å². The Balaban J connectivity index is 3.60. The molecule has 1 amide bonds. The molecule has 2 heteroatoms. The van der Waals surface area contributed by atoms with Crippen molar-refractivity contribution in [2.24, 2.45) is 0 Å². The summed E-state index contributed by atoms with van der Waals surface area (Å²) in [6, 6.07) is 0. The van der Waals surface area contributed by atoms with Crippen molar-refractivity contribution in [1.29, 1.82) is 0 Å². The Kier molecular flexibility index (Phi) is 6.07. The Morgan fingerprint density at radius 1 is 1.33 bits per heavy atom. The Morgan fingerprint density at radius 3 is 2.42 bits per heavy atom. The average Bonchev–Trinajstić information content (AvgIpc) is 2.10. The second kappa shape index (κ2) is 6.65. The smallest absolute Gasteiger partial charge is 0.222 e. The van der Waals surface area contributed by atoms with Gasteiger partial charge in [0.2, 0.25) is 5.91 Å². The van der Waals surface area contributed by atoms with Crippen LogP contribution >= 0.6 is 0 Å². The molecule has 0 saturated heterocycles. The maximum absolute atomic E-state index is 11.3. The standard InChI is InChI=1S/C10H17NO/c1-4-6-8-10(12)11(3)9-7-5-2/h4-5H,1-2,6-9H2,3H3. The quantitative estimate of drug-likeness (QED) is 0.554. The van der Waals surface area contributed by atoms with E-state index in [9.17, 15) is 4.79 Å². The first-order valence-electron chi connectivity index (χ1n) is 4.18. The zero-order valence-electron chi connectivity index (χ0n) is 7.75. The molecule has 0 fully saturated rings. The first-order valence-corrected chi connectivity index (χ1v) is 4.18. The maximum Gasteiger partial charge on any atom is 0.222 e. The molecule has 68 valence electrons. The van der Waals surface area contributed by atoms with E-state index in [1.165, 1.54) is 0 Å². The summed E-state index contributed by atoms with van der Waals surface area (Å²) < 4.78 is 0. The molecule has 0 heterocycles. The third-order valence-corrected chi connectivity index (χ3v) is 1.66. The molecule has 0 unspecified atom stereocenters. The van der Waals surface area contributed by atoms with Gasteiger partial charge in [-0.05, 0) is 12.8 Å². The fourth-order valence-electron chi connectivity index (χ4n) is 0.826. The van der Waals surface area contributed by atoms with Crippen LogP contribution in [0.1, 0.15) is 19.3 Å². The van der Waals surface area contributed by atoms with Gasteiger partial charge in [-0.3, -0.25) is 4.79 Å². The normalized spacial score (nSPS) is 9.08. The summed E-state index contributed by atoms with van der Waals surface area (Å²) in [5.74, 6) is 0.178. The summed E-state index contributed by atoms with van der Waals surface area (Å²) >= 11 is 0. The van der Waals surface area contributed by atoms with Gasteiger partial charge in [0.05, 0.1) is 0 Å². The van der Waals surface area contributed by atoms with E-state index >= 15 is 0 Å². The molecule has 0 aromatic rings. The van der Waals surface area contributed by atoms with Crippen molar-refractivity contribution in [3.63, 3.8) is 0 Å². The van der Waals surface area contributed by atoms with E-state index in [1.807, 2.05) is 13.1 Å². The summed E-state index contributed by atoms with van der Waals surface area (Å²) in [6.45, 7) is 7.93. The van der Waals surface area contributed by atoms with E-state index in [0.717, 1.165) is 19.4 Å². The van der Waals surface area contributed by atoms with E-state index in [0.29, 0.717) is 6.42 Å². The van der Waals surface area contributed by atoms with Crippen LogP contribution in [0.4, 0.5) is 0 Å². The predicted octanol–water partition coefficient (Wildman–Crippen LogP) is 1.99. The molecule has 0 bridgehead atoms. The van der Waals surface area contributed by atoms with Crippen molar-refractivity contribution in [3.05, 3.63) is 25.3 Å². The summed E-state index contributed by atoms with van der Waals surface area (Å²) in [5, 5.41) is 0. The topological polar surface area (TPSA) is 20.3 Å². The van der Waals surface area contributed by atoms with Gasteiger partial charge < -0.3 is 4.90 Å². The van der Waals surface area contributed by atoms with Crippen molar-refractivity contribution >= 4 is 5.91 Å². The van der Waals surface area contributed by atoms with Crippen LogP contribution in [0, 0.1) is 0 Å². The van der Waals surface area contributed by atoms with Gasteiger partial charge in [0.1, 0.15) is 0 Å². The van der Waals surface area contributed by atoms with E-state index in [1.54, 1.807) is 11.0 Å². The highest BCUT2D eigenvalue weighted by molar-refractivity contribution is 5.75. The second-order valence-corrected chi connectivity index (χ2v) is 2.72. The molecule has 0 aliphatic rings. The number of rotatable bonds is 6. The molecule has 0 aromatic carbocycles. The third-order valence-electron chi connectivity index (χ3n) is 1.66. The number of hydrogen-bond acceptors (Lipinski definition) is 1. The molecule has 0 spiro atoms. The molecule has 12 heavy (non-hydrogen) atoms. The van der Waals surface area contributed by atoms with Gasteiger partial charge in [0.25, 0.3) is 0 Å². The minimum Gasteiger partial charge on any atom is -0.345 e. The second-order valence-electron chi connectivity index (χ2n) is 2.72. The first kappa shape index (κ1) is 11.0. The fourth-order valence-corrected chi connectivity index (χ4v) is 0.826. The van der Waals surface area contributed by atoms with Crippen LogP contribution < -0.4 is 0 Å². The Labute approximate surface area is 74.6 Å². The minimum atomic E-state index is 0.178. The lowest BCUT2D eigenvalue weighted by molar-refractivity contribution is -0.129. The number of carbonyl (C=O) groups excluding carboxylic acids is 1. The van der Waals surface area contributed by atoms with Crippen LogP contribution in [0.3, 0.4) is 0 Å². The first-order chi connectivity index (χ1) is 5.72. The molecular formula is C10H17NO. The predicted molar refractivity (Wildman–Crippen MR) is 51.9 cm³/mol. The molecule has 2 nitrogen and oxygen atoms in total. The Morgan fingerprint density at radius 2 is 1.92 bits per heavy atom.